The van der Waals surface area contributed by atoms with Crippen molar-refractivity contribution in [2.75, 3.05) is 0 Å². The van der Waals surface area contributed by atoms with E-state index < -0.39 is 0 Å². The van der Waals surface area contributed by atoms with E-state index in [0.717, 1.165) is 41.7 Å². The van der Waals surface area contributed by atoms with Crippen LogP contribution in [-0.4, -0.2) is 4.98 Å². The Labute approximate surface area is 122 Å². The fourth-order valence-corrected chi connectivity index (χ4v) is 5.71. The SMILES string of the molecule is Cc1cccnc1C(N)CC1C2CC3CC(C2)CC1C3. The van der Waals surface area contributed by atoms with Crippen LogP contribution in [0, 0.1) is 36.5 Å². The number of nitrogens with two attached hydrogens (primary N) is 1. The molecular weight excluding hydrogens is 244 g/mol. The Morgan fingerprint density at radius 3 is 2.40 bits per heavy atom. The molecule has 1 atom stereocenters. The summed E-state index contributed by atoms with van der Waals surface area (Å²) in [5.41, 5.74) is 8.89. The first kappa shape index (κ1) is 12.8. The minimum absolute atomic E-state index is 0.138. The predicted molar refractivity (Wildman–Crippen MR) is 81.1 cm³/mol. The van der Waals surface area contributed by atoms with Crippen LogP contribution >= 0.6 is 0 Å². The van der Waals surface area contributed by atoms with Gasteiger partial charge in [0.25, 0.3) is 0 Å². The highest BCUT2D eigenvalue weighted by atomic mass is 14.8. The third-order valence-electron chi connectivity index (χ3n) is 6.35. The lowest BCUT2D eigenvalue weighted by molar-refractivity contribution is -0.0422. The molecule has 2 heteroatoms. The van der Waals surface area contributed by atoms with Crippen molar-refractivity contribution in [3.63, 3.8) is 0 Å². The Morgan fingerprint density at radius 1 is 1.15 bits per heavy atom. The average Bonchev–Trinajstić information content (AvgIpc) is 2.42. The quantitative estimate of drug-likeness (QED) is 0.906. The van der Waals surface area contributed by atoms with Crippen molar-refractivity contribution in [1.82, 2.24) is 4.98 Å². The van der Waals surface area contributed by atoms with Gasteiger partial charge in [-0.3, -0.25) is 4.98 Å². The fraction of sp³-hybridized carbons (Fsp3) is 0.722. The number of aromatic nitrogens is 1. The minimum atomic E-state index is 0.138. The highest BCUT2D eigenvalue weighted by Gasteiger charge is 2.48. The maximum absolute atomic E-state index is 6.51. The number of nitrogens with zero attached hydrogens (tertiary/aromatic N) is 1. The maximum atomic E-state index is 6.51. The lowest BCUT2D eigenvalue weighted by atomic mass is 9.51. The highest BCUT2D eigenvalue weighted by molar-refractivity contribution is 5.21. The molecule has 4 saturated carbocycles. The van der Waals surface area contributed by atoms with Crippen LogP contribution in [0.15, 0.2) is 18.3 Å². The first-order valence-corrected chi connectivity index (χ1v) is 8.37. The molecule has 2 N–H and O–H groups in total. The molecule has 0 amide bonds. The van der Waals surface area contributed by atoms with Gasteiger partial charge in [-0.2, -0.15) is 0 Å². The van der Waals surface area contributed by atoms with E-state index in [9.17, 15) is 0 Å². The van der Waals surface area contributed by atoms with Crippen molar-refractivity contribution >= 4 is 0 Å². The van der Waals surface area contributed by atoms with Gasteiger partial charge in [0.1, 0.15) is 0 Å². The van der Waals surface area contributed by atoms with Crippen LogP contribution in [0.5, 0.6) is 0 Å². The van der Waals surface area contributed by atoms with Gasteiger partial charge in [0, 0.05) is 12.2 Å². The van der Waals surface area contributed by atoms with E-state index >= 15 is 0 Å². The fourth-order valence-electron chi connectivity index (χ4n) is 5.71. The Bertz CT molecular complexity index is 468. The van der Waals surface area contributed by atoms with Crippen molar-refractivity contribution in [2.24, 2.45) is 35.3 Å². The third-order valence-corrected chi connectivity index (χ3v) is 6.35. The summed E-state index contributed by atoms with van der Waals surface area (Å²) in [7, 11) is 0. The molecule has 4 aliphatic rings. The lowest BCUT2D eigenvalue weighted by Gasteiger charge is -2.55. The summed E-state index contributed by atoms with van der Waals surface area (Å²) in [6.07, 6.45) is 10.5. The van der Waals surface area contributed by atoms with E-state index in [0.29, 0.717) is 0 Å². The summed E-state index contributed by atoms with van der Waals surface area (Å²) in [5, 5.41) is 0. The molecule has 2 nitrogen and oxygen atoms in total. The zero-order chi connectivity index (χ0) is 13.7. The molecule has 108 valence electrons. The molecule has 4 bridgehead atoms. The van der Waals surface area contributed by atoms with Crippen LogP contribution in [0.25, 0.3) is 0 Å². The van der Waals surface area contributed by atoms with Gasteiger partial charge in [0.15, 0.2) is 0 Å². The second-order valence-electron chi connectivity index (χ2n) is 7.64. The summed E-state index contributed by atoms with van der Waals surface area (Å²) < 4.78 is 0. The van der Waals surface area contributed by atoms with Gasteiger partial charge < -0.3 is 5.73 Å². The Morgan fingerprint density at radius 2 is 1.80 bits per heavy atom. The molecule has 5 rings (SSSR count). The minimum Gasteiger partial charge on any atom is -0.323 e. The average molecular weight is 270 g/mol. The van der Waals surface area contributed by atoms with Crippen molar-refractivity contribution in [3.8, 4) is 0 Å². The second kappa shape index (κ2) is 4.84. The first-order chi connectivity index (χ1) is 9.70. The van der Waals surface area contributed by atoms with Gasteiger partial charge in [0.05, 0.1) is 5.69 Å². The Hall–Kier alpha value is -0.890. The van der Waals surface area contributed by atoms with E-state index in [4.69, 9.17) is 5.73 Å². The summed E-state index contributed by atoms with van der Waals surface area (Å²) in [6.45, 7) is 2.14. The smallest absolute Gasteiger partial charge is 0.0600 e. The Balaban J connectivity index is 1.50. The molecule has 0 radical (unpaired) electrons. The van der Waals surface area contributed by atoms with Crippen LogP contribution in [0.3, 0.4) is 0 Å². The normalized spacial score (nSPS) is 40.0. The second-order valence-corrected chi connectivity index (χ2v) is 7.64. The summed E-state index contributed by atoms with van der Waals surface area (Å²) in [5.74, 6) is 4.94. The van der Waals surface area contributed by atoms with Gasteiger partial charge in [0.2, 0.25) is 0 Å². The maximum Gasteiger partial charge on any atom is 0.0600 e. The van der Waals surface area contributed by atoms with E-state index in [1.807, 2.05) is 12.3 Å². The Kier molecular flexibility index (Phi) is 3.10. The van der Waals surface area contributed by atoms with Crippen LogP contribution in [0.2, 0.25) is 0 Å². The van der Waals surface area contributed by atoms with Crippen LogP contribution < -0.4 is 5.73 Å². The van der Waals surface area contributed by atoms with E-state index in [2.05, 4.69) is 18.0 Å². The van der Waals surface area contributed by atoms with Gasteiger partial charge in [-0.05, 0) is 86.7 Å². The lowest BCUT2D eigenvalue weighted by Crippen LogP contribution is -2.45. The third kappa shape index (κ3) is 2.09. The number of hydrogen-bond acceptors (Lipinski definition) is 2. The van der Waals surface area contributed by atoms with E-state index in [1.54, 1.807) is 0 Å². The van der Waals surface area contributed by atoms with Crippen molar-refractivity contribution in [1.29, 1.82) is 0 Å². The van der Waals surface area contributed by atoms with Gasteiger partial charge in [-0.1, -0.05) is 6.07 Å². The summed E-state index contributed by atoms with van der Waals surface area (Å²) >= 11 is 0. The molecule has 1 aromatic heterocycles. The summed E-state index contributed by atoms with van der Waals surface area (Å²) in [4.78, 5) is 4.54. The number of aryl methyl sites for hydroxylation is 1. The highest BCUT2D eigenvalue weighted by Crippen LogP contribution is 2.58. The predicted octanol–water partition coefficient (Wildman–Crippen LogP) is 3.85. The molecule has 4 fully saturated rings. The molecule has 0 spiro atoms. The molecule has 1 heterocycles. The van der Waals surface area contributed by atoms with Crippen LogP contribution in [0.4, 0.5) is 0 Å². The van der Waals surface area contributed by atoms with Crippen molar-refractivity contribution in [3.05, 3.63) is 29.6 Å². The molecule has 0 aliphatic heterocycles. The van der Waals surface area contributed by atoms with Gasteiger partial charge in [-0.15, -0.1) is 0 Å². The van der Waals surface area contributed by atoms with E-state index in [1.165, 1.54) is 37.7 Å². The molecule has 0 aromatic carbocycles. The number of pyridine rings is 1. The van der Waals surface area contributed by atoms with Gasteiger partial charge in [-0.25, -0.2) is 0 Å². The van der Waals surface area contributed by atoms with Crippen LogP contribution in [-0.2, 0) is 0 Å². The largest absolute Gasteiger partial charge is 0.323 e. The van der Waals surface area contributed by atoms with Gasteiger partial charge >= 0.3 is 0 Å². The molecule has 1 unspecified atom stereocenters. The zero-order valence-corrected chi connectivity index (χ0v) is 12.5. The molecule has 4 aliphatic carbocycles. The number of hydrogen-bond donors (Lipinski definition) is 1. The topological polar surface area (TPSA) is 38.9 Å². The first-order valence-electron chi connectivity index (χ1n) is 8.37. The van der Waals surface area contributed by atoms with Crippen LogP contribution in [0.1, 0.15) is 55.8 Å². The monoisotopic (exact) mass is 270 g/mol. The summed E-state index contributed by atoms with van der Waals surface area (Å²) in [6, 6.07) is 4.28. The van der Waals surface area contributed by atoms with Crippen molar-refractivity contribution in [2.45, 2.75) is 51.5 Å². The molecule has 0 saturated heterocycles. The van der Waals surface area contributed by atoms with E-state index in [-0.39, 0.29) is 6.04 Å². The molecule has 20 heavy (non-hydrogen) atoms. The molecular formula is C18H26N2. The number of rotatable bonds is 3. The zero-order valence-electron chi connectivity index (χ0n) is 12.5. The standard InChI is InChI=1S/C18H26N2/c1-11-3-2-4-20-18(11)17(19)10-16-14-6-12-5-13(8-14)9-15(16)7-12/h2-4,12-17H,5-10,19H2,1H3. The molecule has 1 aromatic rings. The van der Waals surface area contributed by atoms with Crippen molar-refractivity contribution < 1.29 is 0 Å².